The van der Waals surface area contributed by atoms with Gasteiger partial charge in [0.15, 0.2) is 0 Å². The van der Waals surface area contributed by atoms with Gasteiger partial charge in [-0.25, -0.2) is 4.98 Å². The van der Waals surface area contributed by atoms with Crippen molar-refractivity contribution in [1.82, 2.24) is 9.97 Å². The number of alkyl halides is 2. The molecule has 2 N–H and O–H groups in total. The zero-order chi connectivity index (χ0) is 8.48. The molecule has 0 saturated carbocycles. The maximum atomic E-state index is 12.5. The Hall–Kier alpha value is -1.26. The van der Waals surface area contributed by atoms with Gasteiger partial charge >= 0.3 is 0 Å². The summed E-state index contributed by atoms with van der Waals surface area (Å²) in [7, 11) is 0. The van der Waals surface area contributed by atoms with Crippen molar-refractivity contribution in [3.63, 3.8) is 0 Å². The number of nitrogens with zero attached hydrogens (tertiary/aromatic N) is 2. The molecule has 1 heterocycles. The summed E-state index contributed by atoms with van der Waals surface area (Å²) in [6.45, 7) is 0.746. The van der Waals surface area contributed by atoms with Crippen LogP contribution in [0.5, 0.6) is 0 Å². The molecule has 0 spiro atoms. The molecule has 60 valence electrons. The summed E-state index contributed by atoms with van der Waals surface area (Å²) < 4.78 is 25.0. The molecule has 3 nitrogen and oxygen atoms in total. The molecule has 1 rings (SSSR count). The second-order valence-corrected chi connectivity index (χ2v) is 2.22. The van der Waals surface area contributed by atoms with Gasteiger partial charge in [0.25, 0.3) is 5.92 Å². The molecule has 0 aliphatic heterocycles. The van der Waals surface area contributed by atoms with Crippen molar-refractivity contribution in [2.24, 2.45) is 0 Å². The molecule has 0 unspecified atom stereocenters. The third-order valence-corrected chi connectivity index (χ3v) is 1.10. The summed E-state index contributed by atoms with van der Waals surface area (Å²) in [5, 5.41) is 0. The highest BCUT2D eigenvalue weighted by Gasteiger charge is 2.26. The van der Waals surface area contributed by atoms with Crippen molar-refractivity contribution in [3.05, 3.63) is 18.1 Å². The van der Waals surface area contributed by atoms with Crippen molar-refractivity contribution >= 4 is 5.82 Å². The molecular weight excluding hydrogens is 152 g/mol. The van der Waals surface area contributed by atoms with E-state index in [1.165, 1.54) is 6.20 Å². The van der Waals surface area contributed by atoms with E-state index in [1.54, 1.807) is 0 Å². The fraction of sp³-hybridized carbons (Fsp3) is 0.333. The Bertz CT molecular complexity index is 256. The highest BCUT2D eigenvalue weighted by atomic mass is 19.3. The molecule has 0 fully saturated rings. The summed E-state index contributed by atoms with van der Waals surface area (Å²) in [4.78, 5) is 6.89. The van der Waals surface area contributed by atoms with Crippen molar-refractivity contribution in [2.75, 3.05) is 5.73 Å². The van der Waals surface area contributed by atoms with E-state index < -0.39 is 11.6 Å². The molecular formula is C6H7F2N3. The Labute approximate surface area is 62.3 Å². The maximum Gasteiger partial charge on any atom is 0.288 e. The van der Waals surface area contributed by atoms with Crippen LogP contribution in [-0.2, 0) is 5.92 Å². The zero-order valence-electron chi connectivity index (χ0n) is 5.88. The Morgan fingerprint density at radius 2 is 2.09 bits per heavy atom. The molecule has 1 aromatic heterocycles. The summed E-state index contributed by atoms with van der Waals surface area (Å²) in [5.41, 5.74) is 4.74. The minimum Gasteiger partial charge on any atom is -0.382 e. The van der Waals surface area contributed by atoms with Gasteiger partial charge in [-0.1, -0.05) is 0 Å². The third-order valence-electron chi connectivity index (χ3n) is 1.10. The van der Waals surface area contributed by atoms with E-state index in [-0.39, 0.29) is 5.82 Å². The van der Waals surface area contributed by atoms with Crippen LogP contribution in [0.2, 0.25) is 0 Å². The van der Waals surface area contributed by atoms with E-state index in [9.17, 15) is 8.78 Å². The van der Waals surface area contributed by atoms with Gasteiger partial charge < -0.3 is 5.73 Å². The van der Waals surface area contributed by atoms with Crippen molar-refractivity contribution < 1.29 is 8.78 Å². The molecule has 11 heavy (non-hydrogen) atoms. The van der Waals surface area contributed by atoms with Crippen molar-refractivity contribution in [2.45, 2.75) is 12.8 Å². The Balaban J connectivity index is 3.06. The van der Waals surface area contributed by atoms with Crippen LogP contribution in [0.15, 0.2) is 12.4 Å². The van der Waals surface area contributed by atoms with Crippen LogP contribution in [0.1, 0.15) is 12.6 Å². The first-order valence-corrected chi connectivity index (χ1v) is 2.96. The molecule has 1 aromatic rings. The van der Waals surface area contributed by atoms with Gasteiger partial charge in [0.1, 0.15) is 11.5 Å². The minimum absolute atomic E-state index is 0.00373. The van der Waals surface area contributed by atoms with Crippen LogP contribution in [0.25, 0.3) is 0 Å². The van der Waals surface area contributed by atoms with E-state index in [0.717, 1.165) is 13.1 Å². The molecule has 0 saturated heterocycles. The summed E-state index contributed by atoms with van der Waals surface area (Å²) in [6.07, 6.45) is 2.21. The number of hydrogen-bond acceptors (Lipinski definition) is 3. The average Bonchev–Trinajstić information content (AvgIpc) is 1.86. The molecule has 0 bridgehead atoms. The molecule has 0 aliphatic carbocycles. The Kier molecular flexibility index (Phi) is 1.72. The number of nitrogen functional groups attached to an aromatic ring is 1. The van der Waals surface area contributed by atoms with Gasteiger partial charge in [-0.05, 0) is 0 Å². The zero-order valence-corrected chi connectivity index (χ0v) is 5.88. The summed E-state index contributed by atoms with van der Waals surface area (Å²) in [6, 6.07) is 0. The van der Waals surface area contributed by atoms with E-state index in [1.807, 2.05) is 0 Å². The van der Waals surface area contributed by atoms with Gasteiger partial charge in [-0.3, -0.25) is 4.98 Å². The third kappa shape index (κ3) is 1.83. The highest BCUT2D eigenvalue weighted by molar-refractivity contribution is 5.24. The normalized spacial score (nSPS) is 11.5. The number of aromatic nitrogens is 2. The average molecular weight is 159 g/mol. The van der Waals surface area contributed by atoms with Crippen molar-refractivity contribution in [3.8, 4) is 0 Å². The van der Waals surface area contributed by atoms with Crippen LogP contribution < -0.4 is 5.73 Å². The largest absolute Gasteiger partial charge is 0.382 e. The van der Waals surface area contributed by atoms with Gasteiger partial charge in [0.2, 0.25) is 0 Å². The first-order valence-electron chi connectivity index (χ1n) is 2.96. The fourth-order valence-corrected chi connectivity index (χ4v) is 0.593. The second kappa shape index (κ2) is 2.41. The lowest BCUT2D eigenvalue weighted by Gasteiger charge is -2.07. The molecule has 0 amide bonds. The number of anilines is 1. The monoisotopic (exact) mass is 159 g/mol. The van der Waals surface area contributed by atoms with Gasteiger partial charge in [0.05, 0.1) is 12.4 Å². The number of halogens is 2. The SMILES string of the molecule is CC(F)(F)c1cncc(N)n1. The lowest BCUT2D eigenvalue weighted by Crippen LogP contribution is -2.11. The van der Waals surface area contributed by atoms with Gasteiger partial charge in [-0.15, -0.1) is 0 Å². The first-order chi connectivity index (χ1) is 5.00. The minimum atomic E-state index is -2.97. The second-order valence-electron chi connectivity index (χ2n) is 2.22. The van der Waals surface area contributed by atoms with E-state index in [0.29, 0.717) is 0 Å². The number of hydrogen-bond donors (Lipinski definition) is 1. The molecule has 0 atom stereocenters. The van der Waals surface area contributed by atoms with Crippen molar-refractivity contribution in [1.29, 1.82) is 0 Å². The summed E-state index contributed by atoms with van der Waals surface area (Å²) >= 11 is 0. The van der Waals surface area contributed by atoms with Crippen LogP contribution >= 0.6 is 0 Å². The smallest absolute Gasteiger partial charge is 0.288 e. The van der Waals surface area contributed by atoms with Gasteiger partial charge in [-0.2, -0.15) is 8.78 Å². The Morgan fingerprint density at radius 1 is 1.45 bits per heavy atom. The number of rotatable bonds is 1. The van der Waals surface area contributed by atoms with E-state index in [4.69, 9.17) is 5.73 Å². The molecule has 0 aromatic carbocycles. The van der Waals surface area contributed by atoms with Crippen LogP contribution in [0.3, 0.4) is 0 Å². The van der Waals surface area contributed by atoms with E-state index >= 15 is 0 Å². The standard InChI is InChI=1S/C6H7F2N3/c1-6(7,8)4-2-10-3-5(9)11-4/h2-3H,1H3,(H2,9,11). The lowest BCUT2D eigenvalue weighted by atomic mass is 10.3. The Morgan fingerprint density at radius 3 is 2.45 bits per heavy atom. The van der Waals surface area contributed by atoms with E-state index in [2.05, 4.69) is 9.97 Å². The predicted molar refractivity (Wildman–Crippen MR) is 36.0 cm³/mol. The van der Waals surface area contributed by atoms with Gasteiger partial charge in [0, 0.05) is 6.92 Å². The quantitative estimate of drug-likeness (QED) is 0.669. The van der Waals surface area contributed by atoms with Crippen LogP contribution in [-0.4, -0.2) is 9.97 Å². The van der Waals surface area contributed by atoms with Crippen LogP contribution in [0.4, 0.5) is 14.6 Å². The predicted octanol–water partition coefficient (Wildman–Crippen LogP) is 1.17. The highest BCUT2D eigenvalue weighted by Crippen LogP contribution is 2.24. The molecule has 0 radical (unpaired) electrons. The molecule has 0 aliphatic rings. The van der Waals surface area contributed by atoms with Crippen LogP contribution in [0, 0.1) is 0 Å². The lowest BCUT2D eigenvalue weighted by molar-refractivity contribution is 0.0125. The topological polar surface area (TPSA) is 51.8 Å². The first kappa shape index (κ1) is 7.84. The fourth-order valence-electron chi connectivity index (χ4n) is 0.593. The molecule has 5 heteroatoms. The number of nitrogens with two attached hydrogens (primary N) is 1. The summed E-state index contributed by atoms with van der Waals surface area (Å²) in [5.74, 6) is -2.97. The maximum absolute atomic E-state index is 12.5.